The predicted molar refractivity (Wildman–Crippen MR) is 201 cm³/mol. The highest BCUT2D eigenvalue weighted by atomic mass is 16.5. The van der Waals surface area contributed by atoms with Crippen LogP contribution in [0.2, 0.25) is 0 Å². The van der Waals surface area contributed by atoms with Crippen LogP contribution in [-0.2, 0) is 0 Å². The van der Waals surface area contributed by atoms with Gasteiger partial charge in [0, 0.05) is 0 Å². The number of carbonyl (C=O) groups is 1. The van der Waals surface area contributed by atoms with E-state index in [0.29, 0.717) is 12.4 Å². The number of benzene rings is 2. The summed E-state index contributed by atoms with van der Waals surface area (Å²) in [6.07, 6.45) is 34.8. The van der Waals surface area contributed by atoms with E-state index in [1.165, 1.54) is 141 Å². The van der Waals surface area contributed by atoms with Gasteiger partial charge in [-0.05, 0) is 48.7 Å². The molecule has 2 rings (SSSR count). The van der Waals surface area contributed by atoms with E-state index in [2.05, 4.69) is 13.8 Å². The van der Waals surface area contributed by atoms with Crippen LogP contribution in [0.3, 0.4) is 0 Å². The van der Waals surface area contributed by atoms with Crippen LogP contribution in [0, 0.1) is 0 Å². The second kappa shape index (κ2) is 28.3. The Hall–Kier alpha value is -2.75. The Morgan fingerprint density at radius 1 is 0.553 bits per heavy atom. The van der Waals surface area contributed by atoms with Crippen LogP contribution in [0.25, 0.3) is 6.08 Å². The molecular weight excluding hydrogens is 580 g/mol. The highest BCUT2D eigenvalue weighted by Gasteiger charge is 2.15. The smallest absolute Gasteiger partial charge is 0.193 e. The van der Waals surface area contributed by atoms with E-state index in [9.17, 15) is 9.90 Å². The lowest BCUT2D eigenvalue weighted by molar-refractivity contribution is 0.104. The van der Waals surface area contributed by atoms with Gasteiger partial charge in [-0.15, -0.1) is 0 Å². The number of hydrogen-bond donors (Lipinski definition) is 1. The van der Waals surface area contributed by atoms with Crippen molar-refractivity contribution in [3.63, 3.8) is 0 Å². The van der Waals surface area contributed by atoms with Gasteiger partial charge in [-0.1, -0.05) is 179 Å². The van der Waals surface area contributed by atoms with E-state index in [4.69, 9.17) is 9.47 Å². The first-order valence-electron chi connectivity index (χ1n) is 19.6. The monoisotopic (exact) mass is 649 g/mol. The Labute approximate surface area is 288 Å². The summed E-state index contributed by atoms with van der Waals surface area (Å²) >= 11 is 0. The molecule has 0 saturated heterocycles. The summed E-state index contributed by atoms with van der Waals surface area (Å²) in [7, 11) is 0. The number of hydrogen-bond acceptors (Lipinski definition) is 4. The van der Waals surface area contributed by atoms with E-state index in [1.54, 1.807) is 24.3 Å². The van der Waals surface area contributed by atoms with Gasteiger partial charge >= 0.3 is 0 Å². The molecular formula is C43H68O4. The summed E-state index contributed by atoms with van der Waals surface area (Å²) in [5.74, 6) is 0.989. The van der Waals surface area contributed by atoms with E-state index in [1.807, 2.05) is 24.3 Å². The average molecular weight is 649 g/mol. The third-order valence-electron chi connectivity index (χ3n) is 9.08. The van der Waals surface area contributed by atoms with Crippen molar-refractivity contribution < 1.29 is 19.4 Å². The summed E-state index contributed by atoms with van der Waals surface area (Å²) in [5, 5.41) is 10.5. The maximum absolute atomic E-state index is 13.1. The second-order valence-electron chi connectivity index (χ2n) is 13.4. The number of ether oxygens (including phenoxy) is 2. The summed E-state index contributed by atoms with van der Waals surface area (Å²) in [6.45, 7) is 5.82. The third-order valence-corrected chi connectivity index (χ3v) is 9.08. The molecule has 264 valence electrons. The molecule has 0 aliphatic carbocycles. The number of phenols is 1. The van der Waals surface area contributed by atoms with E-state index in [0.717, 1.165) is 37.2 Å². The third kappa shape index (κ3) is 20.3. The Morgan fingerprint density at radius 3 is 1.45 bits per heavy atom. The van der Waals surface area contributed by atoms with Crippen LogP contribution in [0.4, 0.5) is 0 Å². The summed E-state index contributed by atoms with van der Waals surface area (Å²) in [5.41, 5.74) is 1.13. The number of rotatable bonds is 31. The van der Waals surface area contributed by atoms with Crippen molar-refractivity contribution in [2.45, 2.75) is 168 Å². The first kappa shape index (κ1) is 40.4. The van der Waals surface area contributed by atoms with Crippen LogP contribution in [0.5, 0.6) is 17.2 Å². The van der Waals surface area contributed by atoms with E-state index >= 15 is 0 Å². The van der Waals surface area contributed by atoms with Gasteiger partial charge in [0.25, 0.3) is 0 Å². The average Bonchev–Trinajstić information content (AvgIpc) is 3.08. The summed E-state index contributed by atoms with van der Waals surface area (Å²) < 4.78 is 11.9. The topological polar surface area (TPSA) is 55.8 Å². The van der Waals surface area contributed by atoms with Crippen LogP contribution in [0.1, 0.15) is 184 Å². The predicted octanol–water partition coefficient (Wildman–Crippen LogP) is 13.4. The van der Waals surface area contributed by atoms with Gasteiger partial charge in [0.05, 0.1) is 13.2 Å². The molecule has 47 heavy (non-hydrogen) atoms. The van der Waals surface area contributed by atoms with Crippen molar-refractivity contribution in [2.24, 2.45) is 0 Å². The van der Waals surface area contributed by atoms with E-state index < -0.39 is 0 Å². The zero-order valence-electron chi connectivity index (χ0n) is 30.3. The quantitative estimate of drug-likeness (QED) is 0.0502. The van der Waals surface area contributed by atoms with Crippen LogP contribution in [-0.4, -0.2) is 24.1 Å². The SMILES string of the molecule is CCCCCCCCCCCCCCOc1ccc(/C=C/C(=O)c2c(O)cccc2OCCCCCCCCCCCCCC)cc1. The van der Waals surface area contributed by atoms with Crippen molar-refractivity contribution >= 4 is 11.9 Å². The lowest BCUT2D eigenvalue weighted by atomic mass is 10.1. The molecule has 2 aromatic carbocycles. The van der Waals surface area contributed by atoms with Gasteiger partial charge < -0.3 is 14.6 Å². The zero-order valence-corrected chi connectivity index (χ0v) is 30.3. The Bertz CT molecular complexity index is 1060. The Morgan fingerprint density at radius 2 is 0.979 bits per heavy atom. The van der Waals surface area contributed by atoms with Gasteiger partial charge in [-0.2, -0.15) is 0 Å². The molecule has 0 amide bonds. The molecule has 0 aliphatic rings. The fourth-order valence-electron chi connectivity index (χ4n) is 6.08. The Kier molecular flexibility index (Phi) is 24.3. The highest BCUT2D eigenvalue weighted by molar-refractivity contribution is 6.10. The maximum atomic E-state index is 13.1. The molecule has 0 heterocycles. The largest absolute Gasteiger partial charge is 0.507 e. The molecule has 0 unspecified atom stereocenters. The minimum Gasteiger partial charge on any atom is -0.507 e. The molecule has 1 N–H and O–H groups in total. The number of ketones is 1. The number of aromatic hydroxyl groups is 1. The normalized spacial score (nSPS) is 11.4. The van der Waals surface area contributed by atoms with Crippen molar-refractivity contribution in [2.75, 3.05) is 13.2 Å². The van der Waals surface area contributed by atoms with Crippen LogP contribution >= 0.6 is 0 Å². The van der Waals surface area contributed by atoms with E-state index in [-0.39, 0.29) is 17.1 Å². The zero-order chi connectivity index (χ0) is 33.6. The standard InChI is InChI=1S/C43H68O4/c1-3-5-7-9-11-13-15-17-19-21-23-25-36-46-39-33-30-38(31-34-39)32-35-41(45)43-40(44)28-27-29-42(43)47-37-26-24-22-20-18-16-14-12-10-8-6-4-2/h27-35,44H,3-26,36-37H2,1-2H3/b35-32+. The number of unbranched alkanes of at least 4 members (excludes halogenated alkanes) is 22. The fraction of sp³-hybridized carbons (Fsp3) is 0.651. The minimum absolute atomic E-state index is 0.0478. The molecule has 0 aliphatic heterocycles. The second-order valence-corrected chi connectivity index (χ2v) is 13.4. The molecule has 0 fully saturated rings. The van der Waals surface area contributed by atoms with Gasteiger partial charge in [0.2, 0.25) is 0 Å². The highest BCUT2D eigenvalue weighted by Crippen LogP contribution is 2.29. The lowest BCUT2D eigenvalue weighted by Gasteiger charge is -2.11. The molecule has 0 aromatic heterocycles. The van der Waals surface area contributed by atoms with Crippen molar-refractivity contribution in [3.05, 3.63) is 59.7 Å². The van der Waals surface area contributed by atoms with Gasteiger partial charge in [0.15, 0.2) is 5.78 Å². The van der Waals surface area contributed by atoms with Gasteiger partial charge in [0.1, 0.15) is 22.8 Å². The van der Waals surface area contributed by atoms with Gasteiger partial charge in [-0.3, -0.25) is 4.79 Å². The maximum Gasteiger partial charge on any atom is 0.193 e. The fourth-order valence-corrected chi connectivity index (χ4v) is 6.08. The molecule has 0 saturated carbocycles. The van der Waals surface area contributed by atoms with Crippen LogP contribution < -0.4 is 9.47 Å². The summed E-state index contributed by atoms with van der Waals surface area (Å²) in [6, 6.07) is 12.9. The molecule has 0 spiro atoms. The molecule has 0 radical (unpaired) electrons. The number of allylic oxidation sites excluding steroid dienone is 1. The minimum atomic E-state index is -0.264. The van der Waals surface area contributed by atoms with Crippen molar-refractivity contribution in [1.29, 1.82) is 0 Å². The molecule has 0 bridgehead atoms. The molecule has 2 aromatic rings. The molecule has 4 nitrogen and oxygen atoms in total. The summed E-state index contributed by atoms with van der Waals surface area (Å²) in [4.78, 5) is 13.1. The first-order chi connectivity index (χ1) is 23.2. The number of phenolic OH excluding ortho intramolecular Hbond substituents is 1. The van der Waals surface area contributed by atoms with Crippen molar-refractivity contribution in [3.8, 4) is 17.2 Å². The molecule has 4 heteroatoms. The number of carbonyl (C=O) groups excluding carboxylic acids is 1. The van der Waals surface area contributed by atoms with Crippen molar-refractivity contribution in [1.82, 2.24) is 0 Å². The lowest BCUT2D eigenvalue weighted by Crippen LogP contribution is -2.04. The van der Waals surface area contributed by atoms with Crippen LogP contribution in [0.15, 0.2) is 48.5 Å². The Balaban J connectivity index is 1.60. The molecule has 0 atom stereocenters. The first-order valence-corrected chi connectivity index (χ1v) is 19.6. The van der Waals surface area contributed by atoms with Gasteiger partial charge in [-0.25, -0.2) is 0 Å².